The predicted molar refractivity (Wildman–Crippen MR) is 95.9 cm³/mol. The molecule has 0 bridgehead atoms. The van der Waals surface area contributed by atoms with Crippen LogP contribution in [0.2, 0.25) is 0 Å². The molecule has 2 aliphatic rings. The molecule has 0 spiro atoms. The molecule has 0 amide bonds. The Hall–Kier alpha value is -2.17. The van der Waals surface area contributed by atoms with Crippen LogP contribution in [-0.2, 0) is 0 Å². The van der Waals surface area contributed by atoms with E-state index in [1.807, 2.05) is 12.4 Å². The molecule has 5 heteroatoms. The number of pyridine rings is 1. The van der Waals surface area contributed by atoms with Gasteiger partial charge in [0.15, 0.2) is 0 Å². The van der Waals surface area contributed by atoms with Crippen LogP contribution in [0.3, 0.4) is 0 Å². The van der Waals surface area contributed by atoms with Crippen molar-refractivity contribution in [3.05, 3.63) is 41.8 Å². The molecular formula is C18H27N5. The van der Waals surface area contributed by atoms with Crippen LogP contribution < -0.4 is 9.80 Å². The fourth-order valence-corrected chi connectivity index (χ4v) is 3.33. The number of nitrogens with zero attached hydrogens (tertiary/aromatic N) is 5. The first-order valence-electron chi connectivity index (χ1n) is 8.16. The summed E-state index contributed by atoms with van der Waals surface area (Å²) in [5.41, 5.74) is 6.15. The molecule has 0 N–H and O–H groups in total. The first-order valence-corrected chi connectivity index (χ1v) is 8.16. The lowest BCUT2D eigenvalue weighted by atomic mass is 10.1. The van der Waals surface area contributed by atoms with E-state index in [4.69, 9.17) is 0 Å². The Labute approximate surface area is 139 Å². The highest BCUT2D eigenvalue weighted by Crippen LogP contribution is 2.36. The topological polar surface area (TPSA) is 25.9 Å². The zero-order valence-electron chi connectivity index (χ0n) is 15.2. The zero-order valence-corrected chi connectivity index (χ0v) is 15.2. The van der Waals surface area contributed by atoms with Crippen molar-refractivity contribution in [3.63, 3.8) is 0 Å². The molecule has 3 rings (SSSR count). The summed E-state index contributed by atoms with van der Waals surface area (Å²) in [5, 5.41) is 0. The normalized spacial score (nSPS) is 24.5. The van der Waals surface area contributed by atoms with Crippen molar-refractivity contribution < 1.29 is 0 Å². The molecule has 1 aromatic rings. The molecule has 0 radical (unpaired) electrons. The smallest absolute Gasteiger partial charge is 0.102 e. The molecular weight excluding hydrogens is 286 g/mol. The lowest BCUT2D eigenvalue weighted by Gasteiger charge is -2.32. The number of hydrogen-bond acceptors (Lipinski definition) is 5. The van der Waals surface area contributed by atoms with E-state index in [1.165, 1.54) is 28.3 Å². The van der Waals surface area contributed by atoms with E-state index >= 15 is 0 Å². The molecule has 2 aliphatic heterocycles. The summed E-state index contributed by atoms with van der Waals surface area (Å²) in [6, 6.07) is 0. The summed E-state index contributed by atoms with van der Waals surface area (Å²) in [5.74, 6) is 0. The fraction of sp³-hybridized carbons (Fsp3) is 0.500. The van der Waals surface area contributed by atoms with E-state index in [0.29, 0.717) is 12.3 Å². The van der Waals surface area contributed by atoms with Gasteiger partial charge in [0.1, 0.15) is 12.3 Å². The van der Waals surface area contributed by atoms with E-state index < -0.39 is 0 Å². The van der Waals surface area contributed by atoms with Crippen LogP contribution in [0.1, 0.15) is 33.3 Å². The summed E-state index contributed by atoms with van der Waals surface area (Å²) in [6.45, 7) is 10.9. The quantitative estimate of drug-likeness (QED) is 0.834. The van der Waals surface area contributed by atoms with Gasteiger partial charge in [0.2, 0.25) is 0 Å². The Kier molecular flexibility index (Phi) is 3.74. The number of aromatic nitrogens is 1. The summed E-state index contributed by atoms with van der Waals surface area (Å²) in [7, 11) is 4.26. The Morgan fingerprint density at radius 2 is 1.17 bits per heavy atom. The molecule has 0 aliphatic carbocycles. The van der Waals surface area contributed by atoms with Gasteiger partial charge in [0.05, 0.1) is 23.8 Å². The molecule has 0 unspecified atom stereocenters. The third kappa shape index (κ3) is 2.35. The van der Waals surface area contributed by atoms with Crippen molar-refractivity contribution in [2.24, 2.45) is 0 Å². The maximum Gasteiger partial charge on any atom is 0.102 e. The molecule has 3 heterocycles. The van der Waals surface area contributed by atoms with Gasteiger partial charge in [-0.3, -0.25) is 4.98 Å². The van der Waals surface area contributed by atoms with E-state index in [1.54, 1.807) is 0 Å². The first-order chi connectivity index (χ1) is 10.8. The number of hydrogen-bond donors (Lipinski definition) is 0. The van der Waals surface area contributed by atoms with Crippen LogP contribution in [0.4, 0.5) is 11.4 Å². The highest BCUT2D eigenvalue weighted by atomic mass is 15.4. The van der Waals surface area contributed by atoms with E-state index in [2.05, 4.69) is 85.7 Å². The van der Waals surface area contributed by atoms with Gasteiger partial charge in [-0.1, -0.05) is 0 Å². The minimum atomic E-state index is 0.307. The van der Waals surface area contributed by atoms with Crippen molar-refractivity contribution in [2.75, 3.05) is 23.9 Å². The van der Waals surface area contributed by atoms with Crippen molar-refractivity contribution in [2.45, 2.75) is 47.0 Å². The highest BCUT2D eigenvalue weighted by molar-refractivity contribution is 5.69. The van der Waals surface area contributed by atoms with Crippen LogP contribution >= 0.6 is 0 Å². The summed E-state index contributed by atoms with van der Waals surface area (Å²) in [6.07, 6.45) is 8.97. The molecule has 0 aromatic carbocycles. The second-order valence-electron chi connectivity index (χ2n) is 6.64. The maximum atomic E-state index is 4.52. The SMILES string of the molecule is CC1=CN(c2cncc(N3C=C(C)N(C)[C@@H]3C)c2C)[C@H](C)N1C. The van der Waals surface area contributed by atoms with Crippen molar-refractivity contribution in [3.8, 4) is 0 Å². The molecule has 2 atom stereocenters. The predicted octanol–water partition coefficient (Wildman–Crippen LogP) is 3.31. The number of anilines is 2. The molecule has 1 aromatic heterocycles. The van der Waals surface area contributed by atoms with Gasteiger partial charge in [0.25, 0.3) is 0 Å². The third-order valence-corrected chi connectivity index (χ3v) is 5.41. The maximum absolute atomic E-state index is 4.52. The average molecular weight is 313 g/mol. The molecule has 5 nitrogen and oxygen atoms in total. The van der Waals surface area contributed by atoms with Gasteiger partial charge in [-0.25, -0.2) is 0 Å². The molecule has 0 saturated carbocycles. The average Bonchev–Trinajstić information content (AvgIpc) is 2.93. The van der Waals surface area contributed by atoms with Crippen LogP contribution in [0, 0.1) is 6.92 Å². The van der Waals surface area contributed by atoms with Crippen molar-refractivity contribution >= 4 is 11.4 Å². The Bertz CT molecular complexity index is 624. The van der Waals surface area contributed by atoms with E-state index in [-0.39, 0.29) is 0 Å². The van der Waals surface area contributed by atoms with Crippen LogP contribution in [0.15, 0.2) is 36.2 Å². The summed E-state index contributed by atoms with van der Waals surface area (Å²) < 4.78 is 0. The van der Waals surface area contributed by atoms with Gasteiger partial charge in [-0.05, 0) is 40.2 Å². The monoisotopic (exact) mass is 313 g/mol. The minimum absolute atomic E-state index is 0.307. The largest absolute Gasteiger partial charge is 0.357 e. The van der Waals surface area contributed by atoms with Gasteiger partial charge < -0.3 is 19.6 Å². The number of allylic oxidation sites excluding steroid dienone is 2. The summed E-state index contributed by atoms with van der Waals surface area (Å²) >= 11 is 0. The molecule has 124 valence electrons. The minimum Gasteiger partial charge on any atom is -0.357 e. The molecule has 0 fully saturated rings. The van der Waals surface area contributed by atoms with Gasteiger partial charge in [0, 0.05) is 37.9 Å². The first kappa shape index (κ1) is 15.7. The second kappa shape index (κ2) is 5.48. The van der Waals surface area contributed by atoms with Crippen molar-refractivity contribution in [1.82, 2.24) is 14.8 Å². The lowest BCUT2D eigenvalue weighted by molar-refractivity contribution is 0.356. The van der Waals surface area contributed by atoms with Crippen LogP contribution in [-0.4, -0.2) is 41.2 Å². The van der Waals surface area contributed by atoms with Crippen molar-refractivity contribution in [1.29, 1.82) is 0 Å². The van der Waals surface area contributed by atoms with Gasteiger partial charge in [-0.15, -0.1) is 0 Å². The molecule has 23 heavy (non-hydrogen) atoms. The number of rotatable bonds is 2. The second-order valence-corrected chi connectivity index (χ2v) is 6.64. The third-order valence-electron chi connectivity index (χ3n) is 5.41. The Morgan fingerprint density at radius 1 is 0.783 bits per heavy atom. The highest BCUT2D eigenvalue weighted by Gasteiger charge is 2.29. The Morgan fingerprint density at radius 3 is 1.48 bits per heavy atom. The standard InChI is InChI=1S/C18H27N5/c1-12-10-22(15(4)20(12)6)17-8-19-9-18(14(17)3)23-11-13(2)21(7)16(23)5/h8-11,15-16H,1-7H3/t15-,16+. The van der Waals surface area contributed by atoms with Crippen LogP contribution in [0.25, 0.3) is 0 Å². The van der Waals surface area contributed by atoms with Crippen LogP contribution in [0.5, 0.6) is 0 Å². The van der Waals surface area contributed by atoms with E-state index in [9.17, 15) is 0 Å². The summed E-state index contributed by atoms with van der Waals surface area (Å²) in [4.78, 5) is 13.7. The fourth-order valence-electron chi connectivity index (χ4n) is 3.33. The Balaban J connectivity index is 2.01. The van der Waals surface area contributed by atoms with E-state index in [0.717, 1.165) is 0 Å². The zero-order chi connectivity index (χ0) is 16.9. The van der Waals surface area contributed by atoms with Gasteiger partial charge in [-0.2, -0.15) is 0 Å². The molecule has 0 saturated heterocycles. The van der Waals surface area contributed by atoms with Gasteiger partial charge >= 0.3 is 0 Å². The lowest BCUT2D eigenvalue weighted by Crippen LogP contribution is -2.36.